The van der Waals surface area contributed by atoms with Gasteiger partial charge in [0.15, 0.2) is 0 Å². The molecule has 1 rings (SSSR count). The number of nitrogens with one attached hydrogen (secondary N) is 2. The van der Waals surface area contributed by atoms with Crippen molar-refractivity contribution in [2.75, 3.05) is 19.7 Å². The molecule has 1 aromatic rings. The molecule has 0 spiro atoms. The molecule has 0 heterocycles. The summed E-state index contributed by atoms with van der Waals surface area (Å²) in [6.45, 7) is 5.15. The second kappa shape index (κ2) is 33.5. The van der Waals surface area contributed by atoms with Crippen molar-refractivity contribution in [3.8, 4) is 5.75 Å². The Morgan fingerprint density at radius 1 is 0.617 bits per heavy atom. The standard InChI is InChI=1S/C46H76N4O10/c1-3-35(34(2)51)19-14-16-31-50-44(55)41(48)22-12-10-13-23-42(53)40(47)21-15-17-30-49-43(54)29-26-37(46(58)59)33-38(52)20-11-8-6-4-5-7-9-18-32-60-39-27-24-36(25-28-39)45(56)57/h24-25,27-28,35,37,40-41H,3-23,26,29-33,47-48H2,1-2H3,(H,49,54)(H,50,55)(H,56,57)(H,58,59)/t35-,37+,40-,41-/m0/s1. The molecule has 14 nitrogen and oxygen atoms in total. The molecule has 60 heavy (non-hydrogen) atoms. The minimum Gasteiger partial charge on any atom is -0.494 e. The predicted molar refractivity (Wildman–Crippen MR) is 233 cm³/mol. The van der Waals surface area contributed by atoms with Crippen LogP contribution >= 0.6 is 0 Å². The summed E-state index contributed by atoms with van der Waals surface area (Å²) in [5.41, 5.74) is 12.4. The maximum atomic E-state index is 12.5. The van der Waals surface area contributed by atoms with Gasteiger partial charge in [0, 0.05) is 44.7 Å². The number of unbranched alkanes of at least 4 members (excludes halogenated alkanes) is 11. The largest absolute Gasteiger partial charge is 0.494 e. The van der Waals surface area contributed by atoms with Crippen LogP contribution in [0.15, 0.2) is 24.3 Å². The summed E-state index contributed by atoms with van der Waals surface area (Å²) < 4.78 is 5.66. The number of ketones is 3. The number of carbonyl (C=O) groups excluding carboxylic acids is 5. The highest BCUT2D eigenvalue weighted by Crippen LogP contribution is 2.18. The van der Waals surface area contributed by atoms with E-state index in [9.17, 15) is 38.7 Å². The summed E-state index contributed by atoms with van der Waals surface area (Å²) in [6, 6.07) is 5.20. The number of hydrogen-bond acceptors (Lipinski definition) is 10. The minimum absolute atomic E-state index is 0.0123. The number of Topliss-reactive ketones (excluding diaryl/α,β-unsaturated/α-hetero) is 3. The van der Waals surface area contributed by atoms with Crippen molar-refractivity contribution in [2.45, 2.75) is 180 Å². The third-order valence-corrected chi connectivity index (χ3v) is 11.1. The van der Waals surface area contributed by atoms with Gasteiger partial charge in [0.05, 0.1) is 30.2 Å². The van der Waals surface area contributed by atoms with Gasteiger partial charge in [-0.05, 0) is 102 Å². The molecule has 0 unspecified atom stereocenters. The Kier molecular flexibility index (Phi) is 30.1. The van der Waals surface area contributed by atoms with E-state index in [0.717, 1.165) is 89.9 Å². The lowest BCUT2D eigenvalue weighted by atomic mass is 9.94. The number of carboxylic acid groups (broad SMARTS) is 2. The summed E-state index contributed by atoms with van der Waals surface area (Å²) in [6.07, 6.45) is 16.4. The number of carboxylic acids is 2. The van der Waals surface area contributed by atoms with Gasteiger partial charge in [0.2, 0.25) is 11.8 Å². The fourth-order valence-corrected chi connectivity index (χ4v) is 7.04. The Labute approximate surface area is 358 Å². The second-order valence-electron chi connectivity index (χ2n) is 16.2. The molecule has 0 aliphatic heterocycles. The van der Waals surface area contributed by atoms with Crippen molar-refractivity contribution in [2.24, 2.45) is 23.3 Å². The van der Waals surface area contributed by atoms with Crippen LogP contribution in [0.2, 0.25) is 0 Å². The zero-order valence-corrected chi connectivity index (χ0v) is 36.5. The highest BCUT2D eigenvalue weighted by molar-refractivity contribution is 5.87. The van der Waals surface area contributed by atoms with Crippen LogP contribution in [-0.2, 0) is 28.8 Å². The molecule has 340 valence electrons. The summed E-state index contributed by atoms with van der Waals surface area (Å²) >= 11 is 0. The number of aliphatic carboxylic acids is 1. The van der Waals surface area contributed by atoms with E-state index in [1.165, 1.54) is 12.1 Å². The number of carbonyl (C=O) groups is 7. The number of amides is 2. The lowest BCUT2D eigenvalue weighted by Gasteiger charge is -2.14. The Bertz CT molecular complexity index is 1420. The van der Waals surface area contributed by atoms with Crippen molar-refractivity contribution in [3.05, 3.63) is 29.8 Å². The second-order valence-corrected chi connectivity index (χ2v) is 16.2. The molecule has 0 radical (unpaired) electrons. The average molecular weight is 845 g/mol. The monoisotopic (exact) mass is 845 g/mol. The van der Waals surface area contributed by atoms with E-state index in [0.29, 0.717) is 70.4 Å². The molecule has 4 atom stereocenters. The Morgan fingerprint density at radius 3 is 1.78 bits per heavy atom. The Balaban J connectivity index is 2.05. The molecule has 0 bridgehead atoms. The van der Waals surface area contributed by atoms with Crippen molar-refractivity contribution >= 4 is 41.1 Å². The average Bonchev–Trinajstić information content (AvgIpc) is 3.21. The molecular formula is C46H76N4O10. The first kappa shape index (κ1) is 53.8. The molecule has 0 aromatic heterocycles. The molecule has 0 saturated carbocycles. The highest BCUT2D eigenvalue weighted by atomic mass is 16.5. The van der Waals surface area contributed by atoms with Gasteiger partial charge >= 0.3 is 11.9 Å². The van der Waals surface area contributed by atoms with Gasteiger partial charge in [-0.1, -0.05) is 64.7 Å². The first-order valence-corrected chi connectivity index (χ1v) is 22.5. The quantitative estimate of drug-likeness (QED) is 0.0364. The SMILES string of the molecule is CC[C@@H](CCCCNC(=O)[C@@H](N)CCCCCC(=O)[C@@H](N)CCCCNC(=O)CC[C@H](CC(=O)CCCCCCCCCCOc1ccc(C(=O)O)cc1)C(=O)O)C(C)=O. The van der Waals surface area contributed by atoms with Crippen molar-refractivity contribution in [3.63, 3.8) is 0 Å². The lowest BCUT2D eigenvalue weighted by Crippen LogP contribution is -2.40. The normalized spacial score (nSPS) is 13.1. The zero-order valence-electron chi connectivity index (χ0n) is 36.5. The van der Waals surface area contributed by atoms with E-state index in [-0.39, 0.29) is 59.9 Å². The van der Waals surface area contributed by atoms with Crippen molar-refractivity contribution in [1.29, 1.82) is 0 Å². The van der Waals surface area contributed by atoms with Crippen LogP contribution in [0, 0.1) is 11.8 Å². The molecule has 8 N–H and O–H groups in total. The van der Waals surface area contributed by atoms with Crippen LogP contribution in [0.4, 0.5) is 0 Å². The summed E-state index contributed by atoms with van der Waals surface area (Å²) in [5.74, 6) is -2.51. The third kappa shape index (κ3) is 26.8. The fraction of sp³-hybridized carbons (Fsp3) is 0.717. The van der Waals surface area contributed by atoms with E-state index < -0.39 is 29.9 Å². The van der Waals surface area contributed by atoms with E-state index in [4.69, 9.17) is 21.3 Å². The van der Waals surface area contributed by atoms with E-state index in [1.807, 2.05) is 6.92 Å². The highest BCUT2D eigenvalue weighted by Gasteiger charge is 2.22. The maximum absolute atomic E-state index is 12.5. The summed E-state index contributed by atoms with van der Waals surface area (Å²) in [5, 5.41) is 24.2. The first-order valence-electron chi connectivity index (χ1n) is 22.5. The van der Waals surface area contributed by atoms with Crippen LogP contribution in [0.25, 0.3) is 0 Å². The minimum atomic E-state index is -1.07. The van der Waals surface area contributed by atoms with Gasteiger partial charge in [-0.25, -0.2) is 4.79 Å². The number of aromatic carboxylic acids is 1. The van der Waals surface area contributed by atoms with Gasteiger partial charge in [-0.3, -0.25) is 28.8 Å². The Hall–Kier alpha value is -4.17. The number of benzene rings is 1. The number of ether oxygens (including phenoxy) is 1. The fourth-order valence-electron chi connectivity index (χ4n) is 7.04. The zero-order chi connectivity index (χ0) is 44.5. The first-order chi connectivity index (χ1) is 28.7. The molecule has 0 saturated heterocycles. The van der Waals surface area contributed by atoms with Crippen LogP contribution in [0.1, 0.15) is 178 Å². The molecule has 0 aliphatic carbocycles. The van der Waals surface area contributed by atoms with Gasteiger partial charge in [-0.15, -0.1) is 0 Å². The van der Waals surface area contributed by atoms with Gasteiger partial charge < -0.3 is 37.1 Å². The van der Waals surface area contributed by atoms with Crippen LogP contribution in [0.5, 0.6) is 5.75 Å². The van der Waals surface area contributed by atoms with Gasteiger partial charge in [-0.2, -0.15) is 0 Å². The summed E-state index contributed by atoms with van der Waals surface area (Å²) in [4.78, 5) is 83.8. The number of hydrogen-bond donors (Lipinski definition) is 6. The molecule has 1 aromatic carbocycles. The van der Waals surface area contributed by atoms with Gasteiger partial charge in [0.1, 0.15) is 23.1 Å². The van der Waals surface area contributed by atoms with Gasteiger partial charge in [0.25, 0.3) is 0 Å². The smallest absolute Gasteiger partial charge is 0.335 e. The van der Waals surface area contributed by atoms with E-state index in [1.54, 1.807) is 19.1 Å². The van der Waals surface area contributed by atoms with Crippen molar-refractivity contribution < 1.29 is 48.5 Å². The molecule has 2 amide bonds. The van der Waals surface area contributed by atoms with Crippen LogP contribution < -0.4 is 26.8 Å². The number of rotatable bonds is 39. The molecule has 0 fully saturated rings. The Morgan fingerprint density at radius 2 is 1.17 bits per heavy atom. The molecule has 0 aliphatic rings. The number of nitrogens with two attached hydrogens (primary N) is 2. The molecular weight excluding hydrogens is 769 g/mol. The van der Waals surface area contributed by atoms with Crippen LogP contribution in [0.3, 0.4) is 0 Å². The van der Waals surface area contributed by atoms with Crippen LogP contribution in [-0.4, -0.2) is 83.1 Å². The van der Waals surface area contributed by atoms with E-state index in [2.05, 4.69) is 10.6 Å². The summed E-state index contributed by atoms with van der Waals surface area (Å²) in [7, 11) is 0. The predicted octanol–water partition coefficient (Wildman–Crippen LogP) is 7.08. The lowest BCUT2D eigenvalue weighted by molar-refractivity contribution is -0.144. The topological polar surface area (TPSA) is 245 Å². The van der Waals surface area contributed by atoms with Crippen molar-refractivity contribution in [1.82, 2.24) is 10.6 Å². The maximum Gasteiger partial charge on any atom is 0.335 e. The third-order valence-electron chi connectivity index (χ3n) is 11.1. The van der Waals surface area contributed by atoms with E-state index >= 15 is 0 Å². The molecule has 14 heteroatoms.